The van der Waals surface area contributed by atoms with Crippen molar-refractivity contribution in [2.45, 2.75) is 19.1 Å². The molecule has 0 bridgehead atoms. The number of benzene rings is 2. The lowest BCUT2D eigenvalue weighted by molar-refractivity contribution is -0.137. The Balaban J connectivity index is 2.25. The van der Waals surface area contributed by atoms with Crippen molar-refractivity contribution in [3.05, 3.63) is 59.4 Å². The Kier molecular flexibility index (Phi) is 5.54. The molecule has 122 valence electrons. The van der Waals surface area contributed by atoms with Gasteiger partial charge in [0.05, 0.1) is 19.1 Å². The molecule has 0 spiro atoms. The van der Waals surface area contributed by atoms with Crippen LogP contribution < -0.4 is 15.2 Å². The summed E-state index contributed by atoms with van der Waals surface area (Å²) < 4.78 is 25.2. The molecule has 5 nitrogen and oxygen atoms in total. The fourth-order valence-corrected chi connectivity index (χ4v) is 2.22. The quantitative estimate of drug-likeness (QED) is 0.820. The van der Waals surface area contributed by atoms with E-state index >= 15 is 0 Å². The van der Waals surface area contributed by atoms with Gasteiger partial charge in [-0.05, 0) is 17.7 Å². The molecule has 1 atom stereocenters. The van der Waals surface area contributed by atoms with E-state index in [0.29, 0.717) is 0 Å². The van der Waals surface area contributed by atoms with Crippen LogP contribution >= 0.6 is 0 Å². The Hall–Kier alpha value is -2.60. The first kappa shape index (κ1) is 16.8. The number of hydrogen-bond acceptors (Lipinski definition) is 4. The van der Waals surface area contributed by atoms with E-state index in [0.717, 1.165) is 5.56 Å². The van der Waals surface area contributed by atoms with Gasteiger partial charge in [-0.1, -0.05) is 30.3 Å². The molecular weight excluding hydrogens is 301 g/mol. The molecule has 0 aliphatic carbocycles. The van der Waals surface area contributed by atoms with Crippen molar-refractivity contribution in [3.63, 3.8) is 0 Å². The van der Waals surface area contributed by atoms with Crippen molar-refractivity contribution in [1.29, 1.82) is 0 Å². The molecule has 0 radical (unpaired) electrons. The van der Waals surface area contributed by atoms with Gasteiger partial charge in [0.2, 0.25) is 0 Å². The smallest absolute Gasteiger partial charge is 0.305 e. The number of nitrogens with two attached hydrogens (primary N) is 1. The minimum Gasteiger partial charge on any atom is -0.496 e. The number of methoxy groups -OCH3 is 1. The molecule has 0 aliphatic heterocycles. The Labute approximate surface area is 133 Å². The van der Waals surface area contributed by atoms with Gasteiger partial charge in [0.25, 0.3) is 0 Å². The van der Waals surface area contributed by atoms with E-state index in [2.05, 4.69) is 0 Å². The van der Waals surface area contributed by atoms with Gasteiger partial charge >= 0.3 is 5.97 Å². The molecule has 0 saturated carbocycles. The average molecular weight is 319 g/mol. The fraction of sp³-hybridized carbons (Fsp3) is 0.235. The molecule has 0 amide bonds. The first-order chi connectivity index (χ1) is 11.0. The number of carboxylic acid groups (broad SMARTS) is 1. The van der Waals surface area contributed by atoms with Crippen LogP contribution in [0.25, 0.3) is 0 Å². The summed E-state index contributed by atoms with van der Waals surface area (Å²) >= 11 is 0. The van der Waals surface area contributed by atoms with Crippen LogP contribution in [-0.4, -0.2) is 18.2 Å². The topological polar surface area (TPSA) is 81.8 Å². The number of hydrogen-bond donors (Lipinski definition) is 2. The van der Waals surface area contributed by atoms with Gasteiger partial charge in [0.1, 0.15) is 12.4 Å². The van der Waals surface area contributed by atoms with Crippen LogP contribution in [0, 0.1) is 5.82 Å². The molecule has 6 heteroatoms. The summed E-state index contributed by atoms with van der Waals surface area (Å²) in [7, 11) is 1.37. The van der Waals surface area contributed by atoms with Gasteiger partial charge in [-0.3, -0.25) is 4.79 Å². The zero-order valence-electron chi connectivity index (χ0n) is 12.7. The van der Waals surface area contributed by atoms with Gasteiger partial charge in [0.15, 0.2) is 11.6 Å². The molecule has 23 heavy (non-hydrogen) atoms. The zero-order valence-corrected chi connectivity index (χ0v) is 12.7. The highest BCUT2D eigenvalue weighted by Gasteiger charge is 2.23. The Morgan fingerprint density at radius 2 is 1.87 bits per heavy atom. The van der Waals surface area contributed by atoms with Crippen LogP contribution in [0.15, 0.2) is 42.5 Å². The van der Waals surface area contributed by atoms with Crippen molar-refractivity contribution >= 4 is 5.97 Å². The molecule has 2 rings (SSSR count). The highest BCUT2D eigenvalue weighted by molar-refractivity contribution is 5.68. The lowest BCUT2D eigenvalue weighted by Gasteiger charge is -2.17. The first-order valence-corrected chi connectivity index (χ1v) is 7.03. The maximum Gasteiger partial charge on any atom is 0.305 e. The van der Waals surface area contributed by atoms with E-state index in [4.69, 9.17) is 20.3 Å². The minimum absolute atomic E-state index is 0.000427. The lowest BCUT2D eigenvalue weighted by Crippen LogP contribution is -2.18. The number of carbonyl (C=O) groups is 1. The van der Waals surface area contributed by atoms with Crippen molar-refractivity contribution in [1.82, 2.24) is 0 Å². The molecule has 2 aromatic carbocycles. The number of carboxylic acids is 1. The molecule has 0 heterocycles. The van der Waals surface area contributed by atoms with Gasteiger partial charge in [-0.25, -0.2) is 4.39 Å². The molecule has 0 saturated heterocycles. The predicted molar refractivity (Wildman–Crippen MR) is 82.9 cm³/mol. The molecular formula is C17H18FNO4. The fourth-order valence-electron chi connectivity index (χ4n) is 2.22. The predicted octanol–water partition coefficient (Wildman–Crippen LogP) is 2.89. The van der Waals surface area contributed by atoms with E-state index in [1.165, 1.54) is 19.2 Å². The summed E-state index contributed by atoms with van der Waals surface area (Å²) in [5.74, 6) is -1.61. The number of aliphatic carboxylic acids is 1. The second-order valence-electron chi connectivity index (χ2n) is 4.97. The summed E-state index contributed by atoms with van der Waals surface area (Å²) in [6, 6.07) is 11.2. The average Bonchev–Trinajstić information content (AvgIpc) is 2.53. The molecule has 1 unspecified atom stereocenters. The van der Waals surface area contributed by atoms with E-state index < -0.39 is 24.2 Å². The van der Waals surface area contributed by atoms with Crippen LogP contribution in [0.1, 0.15) is 23.6 Å². The Bertz CT molecular complexity index is 676. The zero-order chi connectivity index (χ0) is 16.8. The third-order valence-electron chi connectivity index (χ3n) is 3.33. The highest BCUT2D eigenvalue weighted by Crippen LogP contribution is 2.34. The second-order valence-corrected chi connectivity index (χ2v) is 4.97. The van der Waals surface area contributed by atoms with Gasteiger partial charge in [-0.15, -0.1) is 0 Å². The summed E-state index contributed by atoms with van der Waals surface area (Å²) in [4.78, 5) is 10.8. The van der Waals surface area contributed by atoms with E-state index in [1.54, 1.807) is 0 Å². The normalized spacial score (nSPS) is 11.8. The van der Waals surface area contributed by atoms with Crippen LogP contribution in [-0.2, 0) is 11.4 Å². The van der Waals surface area contributed by atoms with E-state index in [-0.39, 0.29) is 23.7 Å². The van der Waals surface area contributed by atoms with E-state index in [9.17, 15) is 9.18 Å². The second kappa shape index (κ2) is 7.60. The van der Waals surface area contributed by atoms with Crippen LogP contribution in [0.2, 0.25) is 0 Å². The van der Waals surface area contributed by atoms with Crippen molar-refractivity contribution < 1.29 is 23.8 Å². The largest absolute Gasteiger partial charge is 0.496 e. The summed E-state index contributed by atoms with van der Waals surface area (Å²) in [6.07, 6.45) is -0.407. The van der Waals surface area contributed by atoms with Crippen LogP contribution in [0.5, 0.6) is 11.5 Å². The third kappa shape index (κ3) is 4.20. The SMILES string of the molecule is COc1ccc(OCc2ccccc2)c(F)c1C(N)CC(=O)O. The summed E-state index contributed by atoms with van der Waals surface area (Å²) in [5, 5.41) is 8.85. The molecule has 0 aromatic heterocycles. The molecule has 2 aromatic rings. The van der Waals surface area contributed by atoms with Gasteiger partial charge < -0.3 is 20.3 Å². The number of ether oxygens (including phenoxy) is 2. The molecule has 3 N–H and O–H groups in total. The number of rotatable bonds is 7. The van der Waals surface area contributed by atoms with Crippen molar-refractivity contribution in [3.8, 4) is 11.5 Å². The minimum atomic E-state index is -1.12. The molecule has 0 aliphatic rings. The highest BCUT2D eigenvalue weighted by atomic mass is 19.1. The third-order valence-corrected chi connectivity index (χ3v) is 3.33. The van der Waals surface area contributed by atoms with Gasteiger partial charge in [-0.2, -0.15) is 0 Å². The monoisotopic (exact) mass is 319 g/mol. The first-order valence-electron chi connectivity index (χ1n) is 7.03. The van der Waals surface area contributed by atoms with Crippen LogP contribution in [0.4, 0.5) is 4.39 Å². The Morgan fingerprint density at radius 1 is 1.22 bits per heavy atom. The van der Waals surface area contributed by atoms with E-state index in [1.807, 2.05) is 30.3 Å². The lowest BCUT2D eigenvalue weighted by atomic mass is 10.0. The van der Waals surface area contributed by atoms with Crippen molar-refractivity contribution in [2.75, 3.05) is 7.11 Å². The van der Waals surface area contributed by atoms with Crippen LogP contribution in [0.3, 0.4) is 0 Å². The summed E-state index contributed by atoms with van der Waals surface area (Å²) in [5.41, 5.74) is 6.68. The summed E-state index contributed by atoms with van der Waals surface area (Å²) in [6.45, 7) is 0.192. The maximum absolute atomic E-state index is 14.6. The van der Waals surface area contributed by atoms with Gasteiger partial charge in [0, 0.05) is 6.04 Å². The maximum atomic E-state index is 14.6. The van der Waals surface area contributed by atoms with Crippen molar-refractivity contribution in [2.24, 2.45) is 5.73 Å². The molecule has 0 fully saturated rings. The number of halogens is 1. The standard InChI is InChI=1S/C17H18FNO4/c1-22-13-7-8-14(23-10-11-5-3-2-4-6-11)17(18)16(13)12(19)9-15(20)21/h2-8,12H,9-10,19H2,1H3,(H,20,21). The Morgan fingerprint density at radius 3 is 2.48 bits per heavy atom.